The van der Waals surface area contributed by atoms with Crippen LogP contribution in [0.25, 0.3) is 0 Å². The van der Waals surface area contributed by atoms with E-state index in [4.69, 9.17) is 4.74 Å². The van der Waals surface area contributed by atoms with Crippen LogP contribution in [-0.4, -0.2) is 43.0 Å². The molecule has 0 spiro atoms. The molecule has 0 aliphatic carbocycles. The second kappa shape index (κ2) is 5.24. The highest BCUT2D eigenvalue weighted by Crippen LogP contribution is 2.23. The number of morpholine rings is 1. The van der Waals surface area contributed by atoms with E-state index in [1.54, 1.807) is 12.3 Å². The molecule has 5 nitrogen and oxygen atoms in total. The van der Waals surface area contributed by atoms with Crippen LogP contribution < -0.4 is 0 Å². The predicted molar refractivity (Wildman–Crippen MR) is 70.7 cm³/mol. The van der Waals surface area contributed by atoms with Gasteiger partial charge in [-0.1, -0.05) is 0 Å². The number of aromatic nitrogens is 1. The molecule has 1 aliphatic heterocycles. The van der Waals surface area contributed by atoms with Crippen molar-refractivity contribution in [3.05, 3.63) is 22.9 Å². The normalized spacial score (nSPS) is 26.2. The zero-order valence-electron chi connectivity index (χ0n) is 10.2. The summed E-state index contributed by atoms with van der Waals surface area (Å²) in [5, 5.41) is 0. The van der Waals surface area contributed by atoms with Gasteiger partial charge in [0, 0.05) is 29.5 Å². The van der Waals surface area contributed by atoms with Crippen molar-refractivity contribution < 1.29 is 13.2 Å². The van der Waals surface area contributed by atoms with E-state index in [1.807, 2.05) is 13.8 Å². The Morgan fingerprint density at radius 1 is 1.44 bits per heavy atom. The van der Waals surface area contributed by atoms with Crippen LogP contribution in [0.3, 0.4) is 0 Å². The van der Waals surface area contributed by atoms with Gasteiger partial charge in [0.2, 0.25) is 10.0 Å². The van der Waals surface area contributed by atoms with E-state index in [2.05, 4.69) is 20.9 Å². The van der Waals surface area contributed by atoms with Crippen LogP contribution >= 0.6 is 15.9 Å². The molecule has 7 heteroatoms. The quantitative estimate of drug-likeness (QED) is 0.824. The highest BCUT2D eigenvalue weighted by Gasteiger charge is 2.34. The SMILES string of the molecule is CC1CN(S(=O)(=O)c2cncc(Br)c2)C(C)CO1. The van der Waals surface area contributed by atoms with Gasteiger partial charge in [-0.3, -0.25) is 4.98 Å². The molecule has 1 aliphatic rings. The average Bonchev–Trinajstić information content (AvgIpc) is 2.32. The van der Waals surface area contributed by atoms with Crippen LogP contribution in [0.2, 0.25) is 0 Å². The molecule has 1 fully saturated rings. The van der Waals surface area contributed by atoms with Crippen molar-refractivity contribution in [2.24, 2.45) is 0 Å². The first-order chi connectivity index (χ1) is 8.41. The maximum atomic E-state index is 12.5. The van der Waals surface area contributed by atoms with Crippen molar-refractivity contribution in [3.8, 4) is 0 Å². The zero-order chi connectivity index (χ0) is 13.3. The first-order valence-corrected chi connectivity index (χ1v) is 7.88. The molecular formula is C11H15BrN2O3S. The largest absolute Gasteiger partial charge is 0.375 e. The van der Waals surface area contributed by atoms with E-state index < -0.39 is 10.0 Å². The third kappa shape index (κ3) is 2.74. The Morgan fingerprint density at radius 2 is 2.17 bits per heavy atom. The highest BCUT2D eigenvalue weighted by molar-refractivity contribution is 9.10. The second-order valence-corrected chi connectivity index (χ2v) is 7.21. The minimum Gasteiger partial charge on any atom is -0.375 e. The molecule has 0 radical (unpaired) electrons. The fourth-order valence-corrected chi connectivity index (χ4v) is 4.07. The number of hydrogen-bond acceptors (Lipinski definition) is 4. The molecule has 0 N–H and O–H groups in total. The summed E-state index contributed by atoms with van der Waals surface area (Å²) in [6, 6.07) is 1.40. The van der Waals surface area contributed by atoms with Crippen LogP contribution in [0.1, 0.15) is 13.8 Å². The molecular weight excluding hydrogens is 320 g/mol. The van der Waals surface area contributed by atoms with Crippen molar-refractivity contribution in [1.29, 1.82) is 0 Å². The maximum absolute atomic E-state index is 12.5. The van der Waals surface area contributed by atoms with Gasteiger partial charge in [-0.2, -0.15) is 4.31 Å². The number of rotatable bonds is 2. The molecule has 2 atom stereocenters. The topological polar surface area (TPSA) is 59.5 Å². The van der Waals surface area contributed by atoms with Gasteiger partial charge in [-0.15, -0.1) is 0 Å². The molecule has 0 aromatic carbocycles. The lowest BCUT2D eigenvalue weighted by Gasteiger charge is -2.35. The monoisotopic (exact) mass is 334 g/mol. The predicted octanol–water partition coefficient (Wildman–Crippen LogP) is 1.64. The summed E-state index contributed by atoms with van der Waals surface area (Å²) in [4.78, 5) is 4.11. The lowest BCUT2D eigenvalue weighted by Crippen LogP contribution is -2.50. The summed E-state index contributed by atoms with van der Waals surface area (Å²) in [6.45, 7) is 4.50. The van der Waals surface area contributed by atoms with E-state index in [-0.39, 0.29) is 17.0 Å². The van der Waals surface area contributed by atoms with Crippen molar-refractivity contribution in [2.75, 3.05) is 13.2 Å². The molecule has 0 amide bonds. The maximum Gasteiger partial charge on any atom is 0.245 e. The number of nitrogens with zero attached hydrogens (tertiary/aromatic N) is 2. The van der Waals surface area contributed by atoms with Gasteiger partial charge in [0.25, 0.3) is 0 Å². The molecule has 2 heterocycles. The minimum absolute atomic E-state index is 0.0870. The number of ether oxygens (including phenoxy) is 1. The third-order valence-corrected chi connectivity index (χ3v) is 5.22. The van der Waals surface area contributed by atoms with Crippen LogP contribution in [0.4, 0.5) is 0 Å². The van der Waals surface area contributed by atoms with Gasteiger partial charge in [-0.05, 0) is 35.8 Å². The van der Waals surface area contributed by atoms with Crippen LogP contribution in [0.15, 0.2) is 27.8 Å². The van der Waals surface area contributed by atoms with E-state index in [1.165, 1.54) is 10.5 Å². The molecule has 1 aromatic rings. The van der Waals surface area contributed by atoms with Crippen LogP contribution in [0, 0.1) is 0 Å². The Bertz CT molecular complexity index is 535. The van der Waals surface area contributed by atoms with Crippen molar-refractivity contribution in [1.82, 2.24) is 9.29 Å². The Morgan fingerprint density at radius 3 is 2.83 bits per heavy atom. The van der Waals surface area contributed by atoms with Crippen molar-refractivity contribution in [2.45, 2.75) is 30.9 Å². The number of hydrogen-bond donors (Lipinski definition) is 0. The summed E-state index contributed by atoms with van der Waals surface area (Å²) >= 11 is 3.24. The molecule has 1 aromatic heterocycles. The van der Waals surface area contributed by atoms with Crippen LogP contribution in [0.5, 0.6) is 0 Å². The fourth-order valence-electron chi connectivity index (χ4n) is 1.88. The van der Waals surface area contributed by atoms with E-state index in [0.29, 0.717) is 17.6 Å². The summed E-state index contributed by atoms with van der Waals surface area (Å²) < 4.78 is 32.6. The first-order valence-electron chi connectivity index (χ1n) is 5.65. The molecule has 100 valence electrons. The Hall–Kier alpha value is -0.500. The first kappa shape index (κ1) is 13.9. The molecule has 1 saturated heterocycles. The van der Waals surface area contributed by atoms with Crippen molar-refractivity contribution in [3.63, 3.8) is 0 Å². The summed E-state index contributed by atoms with van der Waals surface area (Å²) in [6.07, 6.45) is 2.84. The Balaban J connectivity index is 2.35. The fraction of sp³-hybridized carbons (Fsp3) is 0.545. The van der Waals surface area contributed by atoms with Gasteiger partial charge in [0.15, 0.2) is 0 Å². The molecule has 0 bridgehead atoms. The van der Waals surface area contributed by atoms with Crippen LogP contribution in [-0.2, 0) is 14.8 Å². The van der Waals surface area contributed by atoms with Gasteiger partial charge in [0.05, 0.1) is 12.7 Å². The molecule has 2 unspecified atom stereocenters. The molecule has 0 saturated carbocycles. The number of halogens is 1. The highest BCUT2D eigenvalue weighted by atomic mass is 79.9. The molecule has 2 rings (SSSR count). The summed E-state index contributed by atoms with van der Waals surface area (Å²) in [5.74, 6) is 0. The van der Waals surface area contributed by atoms with E-state index in [9.17, 15) is 8.42 Å². The third-order valence-electron chi connectivity index (χ3n) is 2.84. The van der Waals surface area contributed by atoms with E-state index >= 15 is 0 Å². The summed E-state index contributed by atoms with van der Waals surface area (Å²) in [5.41, 5.74) is 0. The molecule has 18 heavy (non-hydrogen) atoms. The second-order valence-electron chi connectivity index (χ2n) is 4.41. The number of pyridine rings is 1. The Labute approximate surface area is 115 Å². The standard InChI is InChI=1S/C11H15BrN2O3S/c1-8-7-17-9(2)6-14(8)18(15,16)11-3-10(12)4-13-5-11/h3-5,8-9H,6-7H2,1-2H3. The summed E-state index contributed by atoms with van der Waals surface area (Å²) in [7, 11) is -3.51. The van der Waals surface area contributed by atoms with Gasteiger partial charge < -0.3 is 4.74 Å². The smallest absolute Gasteiger partial charge is 0.245 e. The average molecular weight is 335 g/mol. The zero-order valence-corrected chi connectivity index (χ0v) is 12.6. The van der Waals surface area contributed by atoms with Gasteiger partial charge in [-0.25, -0.2) is 8.42 Å². The van der Waals surface area contributed by atoms with E-state index in [0.717, 1.165) is 0 Å². The van der Waals surface area contributed by atoms with Crippen molar-refractivity contribution >= 4 is 26.0 Å². The Kier molecular flexibility index (Phi) is 4.05. The van der Waals surface area contributed by atoms with Gasteiger partial charge >= 0.3 is 0 Å². The lowest BCUT2D eigenvalue weighted by atomic mass is 10.2. The van der Waals surface area contributed by atoms with Gasteiger partial charge in [0.1, 0.15) is 4.90 Å². The minimum atomic E-state index is -3.51. The number of sulfonamides is 1. The lowest BCUT2D eigenvalue weighted by molar-refractivity contribution is -0.0170.